The predicted molar refractivity (Wildman–Crippen MR) is 58.3 cm³/mol. The van der Waals surface area contributed by atoms with Gasteiger partial charge in [0.2, 0.25) is 5.91 Å². The number of hydrogen-bond acceptors (Lipinski definition) is 4. The first-order valence-corrected chi connectivity index (χ1v) is 6.21. The van der Waals surface area contributed by atoms with Gasteiger partial charge in [0.15, 0.2) is 0 Å². The van der Waals surface area contributed by atoms with Crippen molar-refractivity contribution in [3.05, 3.63) is 0 Å². The first-order valence-electron chi connectivity index (χ1n) is 5.06. The second kappa shape index (κ2) is 4.51. The van der Waals surface area contributed by atoms with Gasteiger partial charge in [0.05, 0.1) is 6.04 Å². The zero-order valence-corrected chi connectivity index (χ0v) is 9.35. The summed E-state index contributed by atoms with van der Waals surface area (Å²) in [5.41, 5.74) is 0. The standard InChI is InChI=1S/C9H17N3OS/c1-11-2-4-12(5-3-11)9(13)8-6-14-7-10-8/h8,10H,2-7H2,1H3. The fourth-order valence-corrected chi connectivity index (χ4v) is 2.73. The average molecular weight is 215 g/mol. The molecule has 0 aromatic carbocycles. The summed E-state index contributed by atoms with van der Waals surface area (Å²) in [4.78, 5) is 16.2. The lowest BCUT2D eigenvalue weighted by atomic mass is 10.2. The molecule has 1 unspecified atom stereocenters. The van der Waals surface area contributed by atoms with Crippen molar-refractivity contribution < 1.29 is 4.79 Å². The number of likely N-dealkylation sites (N-methyl/N-ethyl adjacent to an activating group) is 1. The lowest BCUT2D eigenvalue weighted by Crippen LogP contribution is -2.52. The van der Waals surface area contributed by atoms with E-state index in [1.807, 2.05) is 4.90 Å². The van der Waals surface area contributed by atoms with Crippen molar-refractivity contribution in [2.24, 2.45) is 0 Å². The zero-order chi connectivity index (χ0) is 9.97. The highest BCUT2D eigenvalue weighted by atomic mass is 32.2. The average Bonchev–Trinajstić information content (AvgIpc) is 2.71. The number of carbonyl (C=O) groups is 1. The highest BCUT2D eigenvalue weighted by Crippen LogP contribution is 2.12. The number of thioether (sulfide) groups is 1. The maximum Gasteiger partial charge on any atom is 0.240 e. The molecule has 2 saturated heterocycles. The number of amides is 1. The smallest absolute Gasteiger partial charge is 0.240 e. The molecule has 0 bridgehead atoms. The van der Waals surface area contributed by atoms with E-state index in [1.165, 1.54) is 0 Å². The lowest BCUT2D eigenvalue weighted by Gasteiger charge is -2.33. The van der Waals surface area contributed by atoms with E-state index in [0.29, 0.717) is 5.91 Å². The SMILES string of the molecule is CN1CCN(C(=O)C2CSCN2)CC1. The van der Waals surface area contributed by atoms with Crippen LogP contribution in [0.25, 0.3) is 0 Å². The van der Waals surface area contributed by atoms with Gasteiger partial charge in [-0.1, -0.05) is 0 Å². The lowest BCUT2D eigenvalue weighted by molar-refractivity contribution is -0.134. The summed E-state index contributed by atoms with van der Waals surface area (Å²) in [6.45, 7) is 3.79. The third-order valence-corrected chi connectivity index (χ3v) is 3.77. The van der Waals surface area contributed by atoms with E-state index < -0.39 is 0 Å². The van der Waals surface area contributed by atoms with Crippen molar-refractivity contribution in [1.82, 2.24) is 15.1 Å². The van der Waals surface area contributed by atoms with Gasteiger partial charge < -0.3 is 9.80 Å². The van der Waals surface area contributed by atoms with Crippen molar-refractivity contribution in [3.8, 4) is 0 Å². The Morgan fingerprint density at radius 2 is 2.07 bits per heavy atom. The summed E-state index contributed by atoms with van der Waals surface area (Å²) in [5, 5.41) is 3.22. The predicted octanol–water partition coefficient (Wildman–Crippen LogP) is -0.577. The van der Waals surface area contributed by atoms with Crippen LogP contribution in [0.1, 0.15) is 0 Å². The molecule has 14 heavy (non-hydrogen) atoms. The molecule has 0 spiro atoms. The molecule has 2 fully saturated rings. The van der Waals surface area contributed by atoms with Crippen LogP contribution in [0.5, 0.6) is 0 Å². The first kappa shape index (κ1) is 10.3. The molecule has 5 heteroatoms. The topological polar surface area (TPSA) is 35.6 Å². The van der Waals surface area contributed by atoms with E-state index in [2.05, 4.69) is 17.3 Å². The molecule has 4 nitrogen and oxygen atoms in total. The molecule has 2 heterocycles. The van der Waals surface area contributed by atoms with E-state index in [0.717, 1.165) is 37.8 Å². The van der Waals surface area contributed by atoms with Gasteiger partial charge in [-0.25, -0.2) is 0 Å². The maximum atomic E-state index is 11.9. The Labute approximate surface area is 89.0 Å². The highest BCUT2D eigenvalue weighted by Gasteiger charge is 2.28. The Hall–Kier alpha value is -0.260. The summed E-state index contributed by atoms with van der Waals surface area (Å²) in [5.74, 6) is 2.15. The molecule has 1 atom stereocenters. The van der Waals surface area contributed by atoms with Crippen LogP contribution in [0.2, 0.25) is 0 Å². The van der Waals surface area contributed by atoms with E-state index in [1.54, 1.807) is 11.8 Å². The van der Waals surface area contributed by atoms with Crippen LogP contribution in [0.3, 0.4) is 0 Å². The zero-order valence-electron chi connectivity index (χ0n) is 8.53. The Balaban J connectivity index is 1.85. The van der Waals surface area contributed by atoms with Crippen LogP contribution < -0.4 is 5.32 Å². The summed E-state index contributed by atoms with van der Waals surface area (Å²) in [6, 6.07) is 0.0726. The summed E-state index contributed by atoms with van der Waals surface area (Å²) >= 11 is 1.81. The van der Waals surface area contributed by atoms with Crippen LogP contribution in [0.15, 0.2) is 0 Å². The number of nitrogens with one attached hydrogen (secondary N) is 1. The third kappa shape index (κ3) is 2.21. The second-order valence-electron chi connectivity index (χ2n) is 3.90. The molecule has 0 saturated carbocycles. The third-order valence-electron chi connectivity index (χ3n) is 2.83. The van der Waals surface area contributed by atoms with Gasteiger partial charge in [-0.05, 0) is 7.05 Å². The van der Waals surface area contributed by atoms with Gasteiger partial charge >= 0.3 is 0 Å². The molecule has 2 rings (SSSR count). The normalized spacial score (nSPS) is 29.5. The van der Waals surface area contributed by atoms with Crippen molar-refractivity contribution in [1.29, 1.82) is 0 Å². The van der Waals surface area contributed by atoms with E-state index >= 15 is 0 Å². The van der Waals surface area contributed by atoms with Gasteiger partial charge in [0.1, 0.15) is 0 Å². The molecule has 0 radical (unpaired) electrons. The van der Waals surface area contributed by atoms with Crippen LogP contribution in [0, 0.1) is 0 Å². The maximum absolute atomic E-state index is 11.9. The fourth-order valence-electron chi connectivity index (χ4n) is 1.80. The first-order chi connectivity index (χ1) is 6.77. The molecule has 0 aromatic heterocycles. The number of piperazine rings is 1. The summed E-state index contributed by atoms with van der Waals surface area (Å²) < 4.78 is 0. The van der Waals surface area contributed by atoms with E-state index in [-0.39, 0.29) is 6.04 Å². The number of carbonyl (C=O) groups excluding carboxylic acids is 1. The van der Waals surface area contributed by atoms with Crippen LogP contribution >= 0.6 is 11.8 Å². The minimum Gasteiger partial charge on any atom is -0.339 e. The number of hydrogen-bond donors (Lipinski definition) is 1. The molecular weight excluding hydrogens is 198 g/mol. The monoisotopic (exact) mass is 215 g/mol. The summed E-state index contributed by atoms with van der Waals surface area (Å²) in [7, 11) is 2.10. The molecule has 2 aliphatic heterocycles. The minimum absolute atomic E-state index is 0.0726. The highest BCUT2D eigenvalue weighted by molar-refractivity contribution is 7.99. The van der Waals surface area contributed by atoms with Crippen molar-refractivity contribution in [3.63, 3.8) is 0 Å². The van der Waals surface area contributed by atoms with Gasteiger partial charge in [-0.15, -0.1) is 11.8 Å². The number of nitrogens with zero attached hydrogens (tertiary/aromatic N) is 2. The molecule has 0 aromatic rings. The Kier molecular flexibility index (Phi) is 3.30. The fraction of sp³-hybridized carbons (Fsp3) is 0.889. The van der Waals surface area contributed by atoms with Gasteiger partial charge in [0.25, 0.3) is 0 Å². The Bertz CT molecular complexity index is 210. The molecule has 2 aliphatic rings. The quantitative estimate of drug-likeness (QED) is 0.635. The van der Waals surface area contributed by atoms with Crippen molar-refractivity contribution in [2.45, 2.75) is 6.04 Å². The number of rotatable bonds is 1. The summed E-state index contributed by atoms with van der Waals surface area (Å²) in [6.07, 6.45) is 0. The van der Waals surface area contributed by atoms with Gasteiger partial charge in [0, 0.05) is 37.8 Å². The van der Waals surface area contributed by atoms with E-state index in [4.69, 9.17) is 0 Å². The van der Waals surface area contributed by atoms with E-state index in [9.17, 15) is 4.79 Å². The largest absolute Gasteiger partial charge is 0.339 e. The van der Waals surface area contributed by atoms with Crippen LogP contribution in [-0.4, -0.2) is 66.6 Å². The van der Waals surface area contributed by atoms with Crippen molar-refractivity contribution >= 4 is 17.7 Å². The minimum atomic E-state index is 0.0726. The van der Waals surface area contributed by atoms with Gasteiger partial charge in [-0.3, -0.25) is 10.1 Å². The Morgan fingerprint density at radius 3 is 2.64 bits per heavy atom. The second-order valence-corrected chi connectivity index (χ2v) is 4.93. The van der Waals surface area contributed by atoms with Gasteiger partial charge in [-0.2, -0.15) is 0 Å². The van der Waals surface area contributed by atoms with Crippen molar-refractivity contribution in [2.75, 3.05) is 44.9 Å². The van der Waals surface area contributed by atoms with Crippen LogP contribution in [-0.2, 0) is 4.79 Å². The molecule has 80 valence electrons. The molecular formula is C9H17N3OS. The molecule has 1 amide bonds. The Morgan fingerprint density at radius 1 is 1.36 bits per heavy atom. The van der Waals surface area contributed by atoms with Crippen LogP contribution in [0.4, 0.5) is 0 Å². The molecule has 1 N–H and O–H groups in total. The molecule has 0 aliphatic carbocycles.